The van der Waals surface area contributed by atoms with Crippen molar-refractivity contribution in [2.45, 2.75) is 52.1 Å². The van der Waals surface area contributed by atoms with Crippen LogP contribution < -0.4 is 5.32 Å². The van der Waals surface area contributed by atoms with E-state index in [1.807, 2.05) is 0 Å². The molecule has 1 saturated heterocycles. The highest BCUT2D eigenvalue weighted by Crippen LogP contribution is 2.12. The van der Waals surface area contributed by atoms with Crippen LogP contribution >= 0.6 is 0 Å². The van der Waals surface area contributed by atoms with Crippen LogP contribution in [0.3, 0.4) is 0 Å². The molecule has 16 heavy (non-hydrogen) atoms. The van der Waals surface area contributed by atoms with Gasteiger partial charge in [0, 0.05) is 31.9 Å². The molecule has 1 rings (SSSR count). The van der Waals surface area contributed by atoms with Gasteiger partial charge in [-0.3, -0.25) is 0 Å². The van der Waals surface area contributed by atoms with Gasteiger partial charge in [0.1, 0.15) is 0 Å². The second kappa shape index (κ2) is 8.04. The molecule has 1 aliphatic rings. The molecule has 1 aliphatic heterocycles. The van der Waals surface area contributed by atoms with Crippen LogP contribution in [0.25, 0.3) is 0 Å². The first-order valence-corrected chi connectivity index (χ1v) is 6.65. The molecule has 0 saturated carbocycles. The average molecular weight is 229 g/mol. The summed E-state index contributed by atoms with van der Waals surface area (Å²) in [7, 11) is 0. The van der Waals surface area contributed by atoms with Crippen molar-refractivity contribution in [2.75, 3.05) is 26.4 Å². The lowest BCUT2D eigenvalue weighted by Gasteiger charge is -2.27. The first kappa shape index (κ1) is 13.9. The van der Waals surface area contributed by atoms with Crippen LogP contribution in [0.5, 0.6) is 0 Å². The Labute approximate surface area is 99.9 Å². The summed E-state index contributed by atoms with van der Waals surface area (Å²) in [5.41, 5.74) is 0. The molecule has 0 amide bonds. The van der Waals surface area contributed by atoms with Gasteiger partial charge in [0.15, 0.2) is 0 Å². The molecule has 1 fully saturated rings. The summed E-state index contributed by atoms with van der Waals surface area (Å²) in [6.45, 7) is 10.0. The third-order valence-electron chi connectivity index (χ3n) is 3.21. The third kappa shape index (κ3) is 5.28. The summed E-state index contributed by atoms with van der Waals surface area (Å²) < 4.78 is 11.0. The minimum absolute atomic E-state index is 0.475. The second-order valence-electron chi connectivity index (χ2n) is 4.92. The molecule has 3 heteroatoms. The van der Waals surface area contributed by atoms with E-state index in [-0.39, 0.29) is 0 Å². The summed E-state index contributed by atoms with van der Waals surface area (Å²) in [5.74, 6) is 0.621. The number of rotatable bonds is 6. The molecule has 1 heterocycles. The second-order valence-corrected chi connectivity index (χ2v) is 4.92. The average Bonchev–Trinajstić information content (AvgIpc) is 2.52. The molecule has 96 valence electrons. The quantitative estimate of drug-likeness (QED) is 0.757. The van der Waals surface area contributed by atoms with Gasteiger partial charge >= 0.3 is 0 Å². The highest BCUT2D eigenvalue weighted by Gasteiger charge is 2.19. The van der Waals surface area contributed by atoms with Crippen LogP contribution in [-0.2, 0) is 9.47 Å². The zero-order chi connectivity index (χ0) is 11.8. The molecule has 0 aromatic heterocycles. The van der Waals surface area contributed by atoms with Gasteiger partial charge in [-0.25, -0.2) is 0 Å². The van der Waals surface area contributed by atoms with Gasteiger partial charge in [-0.05, 0) is 32.1 Å². The van der Waals surface area contributed by atoms with Gasteiger partial charge in [0.2, 0.25) is 0 Å². The van der Waals surface area contributed by atoms with Crippen molar-refractivity contribution in [1.82, 2.24) is 5.32 Å². The summed E-state index contributed by atoms with van der Waals surface area (Å²) in [4.78, 5) is 0. The minimum Gasteiger partial charge on any atom is -0.381 e. The SMILES string of the molecule is CCOCC(NC1CCCOCC1)C(C)C. The lowest BCUT2D eigenvalue weighted by atomic mass is 10.0. The van der Waals surface area contributed by atoms with Crippen LogP contribution in [0.15, 0.2) is 0 Å². The van der Waals surface area contributed by atoms with E-state index in [0.717, 1.165) is 32.8 Å². The van der Waals surface area contributed by atoms with Gasteiger partial charge < -0.3 is 14.8 Å². The summed E-state index contributed by atoms with van der Waals surface area (Å²) in [6.07, 6.45) is 3.54. The van der Waals surface area contributed by atoms with Crippen molar-refractivity contribution in [3.8, 4) is 0 Å². The Bertz CT molecular complexity index is 165. The maximum absolute atomic E-state index is 5.54. The minimum atomic E-state index is 0.475. The zero-order valence-corrected chi connectivity index (χ0v) is 11.0. The van der Waals surface area contributed by atoms with Crippen molar-refractivity contribution in [2.24, 2.45) is 5.92 Å². The normalized spacial score (nSPS) is 24.4. The molecular weight excluding hydrogens is 202 g/mol. The van der Waals surface area contributed by atoms with E-state index in [1.165, 1.54) is 12.8 Å². The standard InChI is InChI=1S/C13H27NO2/c1-4-15-10-13(11(2)3)14-12-6-5-8-16-9-7-12/h11-14H,4-10H2,1-3H3. The fraction of sp³-hybridized carbons (Fsp3) is 1.00. The highest BCUT2D eigenvalue weighted by atomic mass is 16.5. The van der Waals surface area contributed by atoms with Crippen LogP contribution in [0.1, 0.15) is 40.0 Å². The van der Waals surface area contributed by atoms with Crippen LogP contribution in [0, 0.1) is 5.92 Å². The van der Waals surface area contributed by atoms with E-state index in [4.69, 9.17) is 9.47 Å². The number of ether oxygens (including phenoxy) is 2. The maximum Gasteiger partial charge on any atom is 0.0622 e. The fourth-order valence-corrected chi connectivity index (χ4v) is 2.05. The third-order valence-corrected chi connectivity index (χ3v) is 3.21. The number of hydrogen-bond acceptors (Lipinski definition) is 3. The molecule has 0 aromatic rings. The molecule has 1 N–H and O–H groups in total. The molecule has 3 nitrogen and oxygen atoms in total. The monoisotopic (exact) mass is 229 g/mol. The van der Waals surface area contributed by atoms with Gasteiger partial charge in [0.25, 0.3) is 0 Å². The van der Waals surface area contributed by atoms with Gasteiger partial charge in [0.05, 0.1) is 6.61 Å². The summed E-state index contributed by atoms with van der Waals surface area (Å²) in [6, 6.07) is 1.08. The van der Waals surface area contributed by atoms with Gasteiger partial charge in [-0.15, -0.1) is 0 Å². The molecule has 0 aromatic carbocycles. The smallest absolute Gasteiger partial charge is 0.0622 e. The van der Waals surface area contributed by atoms with E-state index < -0.39 is 0 Å². The number of hydrogen-bond donors (Lipinski definition) is 1. The van der Waals surface area contributed by atoms with Gasteiger partial charge in [-0.1, -0.05) is 13.8 Å². The molecule has 0 spiro atoms. The van der Waals surface area contributed by atoms with Gasteiger partial charge in [-0.2, -0.15) is 0 Å². The molecule has 2 unspecified atom stereocenters. The van der Waals surface area contributed by atoms with E-state index in [2.05, 4.69) is 26.1 Å². The summed E-state index contributed by atoms with van der Waals surface area (Å²) in [5, 5.41) is 3.73. The Hall–Kier alpha value is -0.120. The summed E-state index contributed by atoms with van der Waals surface area (Å²) >= 11 is 0. The lowest BCUT2D eigenvalue weighted by Crippen LogP contribution is -2.44. The van der Waals surface area contributed by atoms with Crippen molar-refractivity contribution in [3.05, 3.63) is 0 Å². The Morgan fingerprint density at radius 1 is 1.31 bits per heavy atom. The first-order valence-electron chi connectivity index (χ1n) is 6.65. The first-order chi connectivity index (χ1) is 7.74. The largest absolute Gasteiger partial charge is 0.381 e. The Morgan fingerprint density at radius 2 is 2.12 bits per heavy atom. The van der Waals surface area contributed by atoms with E-state index in [0.29, 0.717) is 18.0 Å². The predicted molar refractivity (Wildman–Crippen MR) is 66.7 cm³/mol. The Morgan fingerprint density at radius 3 is 2.81 bits per heavy atom. The van der Waals surface area contributed by atoms with Crippen molar-refractivity contribution in [3.63, 3.8) is 0 Å². The van der Waals surface area contributed by atoms with E-state index >= 15 is 0 Å². The predicted octanol–water partition coefficient (Wildman–Crippen LogP) is 2.21. The lowest BCUT2D eigenvalue weighted by molar-refractivity contribution is 0.100. The van der Waals surface area contributed by atoms with E-state index in [1.54, 1.807) is 0 Å². The maximum atomic E-state index is 5.54. The zero-order valence-electron chi connectivity index (χ0n) is 11.0. The molecule has 0 radical (unpaired) electrons. The Kier molecular flexibility index (Phi) is 7.01. The molecule has 2 atom stereocenters. The number of nitrogens with one attached hydrogen (secondary N) is 1. The van der Waals surface area contributed by atoms with Crippen LogP contribution in [0.2, 0.25) is 0 Å². The van der Waals surface area contributed by atoms with Crippen molar-refractivity contribution >= 4 is 0 Å². The van der Waals surface area contributed by atoms with Crippen molar-refractivity contribution < 1.29 is 9.47 Å². The molecule has 0 bridgehead atoms. The van der Waals surface area contributed by atoms with Crippen LogP contribution in [0.4, 0.5) is 0 Å². The molecular formula is C13H27NO2. The molecule has 0 aliphatic carbocycles. The Balaban J connectivity index is 2.33. The van der Waals surface area contributed by atoms with Crippen molar-refractivity contribution in [1.29, 1.82) is 0 Å². The highest BCUT2D eigenvalue weighted by molar-refractivity contribution is 4.77. The topological polar surface area (TPSA) is 30.5 Å². The van der Waals surface area contributed by atoms with E-state index in [9.17, 15) is 0 Å². The van der Waals surface area contributed by atoms with Crippen LogP contribution in [-0.4, -0.2) is 38.5 Å². The fourth-order valence-electron chi connectivity index (χ4n) is 2.05.